The van der Waals surface area contributed by atoms with Gasteiger partial charge in [-0.3, -0.25) is 4.79 Å². The Kier molecular flexibility index (Phi) is 7.26. The first-order valence-corrected chi connectivity index (χ1v) is 11.5. The Balaban J connectivity index is 1.74. The van der Waals surface area contributed by atoms with Crippen LogP contribution in [0.1, 0.15) is 28.8 Å². The number of aromatic nitrogens is 4. The molecule has 218 valence electrons. The van der Waals surface area contributed by atoms with Crippen LogP contribution in [0, 0.1) is 0 Å². The summed E-state index contributed by atoms with van der Waals surface area (Å²) in [6.45, 7) is -3.35. The van der Waals surface area contributed by atoms with Gasteiger partial charge in [0.1, 0.15) is 6.67 Å². The van der Waals surface area contributed by atoms with E-state index in [9.17, 15) is 48.7 Å². The zero-order valence-electron chi connectivity index (χ0n) is 19.8. The summed E-state index contributed by atoms with van der Waals surface area (Å²) in [5.41, 5.74) is -7.70. The molecule has 40 heavy (non-hydrogen) atoms. The minimum absolute atomic E-state index is 0.00649. The largest absolute Gasteiger partial charge is 0.446 e. The molecule has 3 aromatic rings. The zero-order chi connectivity index (χ0) is 29.8. The normalized spacial score (nSPS) is 16.1. The van der Waals surface area contributed by atoms with Crippen LogP contribution in [0.4, 0.5) is 43.9 Å². The summed E-state index contributed by atoms with van der Waals surface area (Å²) in [7, 11) is 0.793. The minimum atomic E-state index is -6.55. The van der Waals surface area contributed by atoms with Crippen molar-refractivity contribution >= 4 is 17.5 Å². The highest BCUT2D eigenvalue weighted by molar-refractivity contribution is 6.34. The molecule has 18 heteroatoms. The van der Waals surface area contributed by atoms with E-state index in [-0.39, 0.29) is 27.8 Å². The van der Waals surface area contributed by atoms with Gasteiger partial charge < -0.3 is 10.1 Å². The lowest BCUT2D eigenvalue weighted by atomic mass is 10.1. The molecule has 1 aliphatic carbocycles. The van der Waals surface area contributed by atoms with Crippen molar-refractivity contribution in [3.63, 3.8) is 0 Å². The molecule has 0 radical (unpaired) electrons. The molecular formula is C22H16ClF10N5O2. The van der Waals surface area contributed by atoms with Gasteiger partial charge in [0.25, 0.3) is 11.8 Å². The highest BCUT2D eigenvalue weighted by Crippen LogP contribution is 2.49. The topological polar surface area (TPSA) is 74.0 Å². The Morgan fingerprint density at radius 2 is 1.75 bits per heavy atom. The van der Waals surface area contributed by atoms with E-state index < -0.39 is 54.0 Å². The first-order valence-electron chi connectivity index (χ1n) is 11.1. The van der Waals surface area contributed by atoms with E-state index in [0.717, 1.165) is 32.3 Å². The molecule has 0 saturated heterocycles. The van der Waals surface area contributed by atoms with Crippen LogP contribution < -0.4 is 10.1 Å². The second-order valence-electron chi connectivity index (χ2n) is 8.79. The average molecular weight is 608 g/mol. The average Bonchev–Trinajstić information content (AvgIpc) is 3.39. The molecule has 1 unspecified atom stereocenters. The maximum atomic E-state index is 14.2. The van der Waals surface area contributed by atoms with E-state index >= 15 is 0 Å². The number of amides is 1. The number of ether oxygens (including phenoxy) is 1. The molecule has 2 heterocycles. The lowest BCUT2D eigenvalue weighted by Crippen LogP contribution is -2.60. The van der Waals surface area contributed by atoms with Crippen molar-refractivity contribution in [1.82, 2.24) is 24.9 Å². The standard InChI is InChI=1S/C22H16ClF10N5O2/c1-37-18(15(20(26,27)28)17(36-37)40-22(32,33)19(25,9-24)21(29,30)31)38-8-11(7-34-38)10-2-5-14(23)13(6-10)16(39)35-12-3-4-12/h2,5-8,12H,3-4,9H2,1H3,(H,35,39). The molecule has 1 saturated carbocycles. The molecule has 0 spiro atoms. The second-order valence-corrected chi connectivity index (χ2v) is 9.20. The molecule has 0 bridgehead atoms. The highest BCUT2D eigenvalue weighted by atomic mass is 35.5. The van der Waals surface area contributed by atoms with Crippen molar-refractivity contribution in [3.05, 3.63) is 46.7 Å². The number of carbonyl (C=O) groups excluding carboxylic acids is 1. The Morgan fingerprint density at radius 3 is 2.30 bits per heavy atom. The van der Waals surface area contributed by atoms with Crippen LogP contribution in [-0.2, 0) is 13.2 Å². The number of nitrogens with one attached hydrogen (secondary N) is 1. The number of rotatable bonds is 8. The van der Waals surface area contributed by atoms with Crippen LogP contribution in [0.25, 0.3) is 16.9 Å². The van der Waals surface area contributed by atoms with Crippen LogP contribution in [-0.4, -0.2) is 56.1 Å². The van der Waals surface area contributed by atoms with Gasteiger partial charge in [-0.15, -0.1) is 5.10 Å². The summed E-state index contributed by atoms with van der Waals surface area (Å²) in [6.07, 6.45) is -14.7. The van der Waals surface area contributed by atoms with Gasteiger partial charge in [-0.05, 0) is 30.5 Å². The van der Waals surface area contributed by atoms with E-state index in [2.05, 4.69) is 20.3 Å². The maximum Gasteiger partial charge on any atom is 0.446 e. The predicted molar refractivity (Wildman–Crippen MR) is 118 cm³/mol. The van der Waals surface area contributed by atoms with Crippen LogP contribution in [0.3, 0.4) is 0 Å². The van der Waals surface area contributed by atoms with Crippen LogP contribution >= 0.6 is 11.6 Å². The van der Waals surface area contributed by atoms with Crippen molar-refractivity contribution < 1.29 is 53.4 Å². The van der Waals surface area contributed by atoms with E-state index in [1.807, 2.05) is 0 Å². The van der Waals surface area contributed by atoms with Crippen molar-refractivity contribution in [1.29, 1.82) is 0 Å². The molecule has 2 aromatic heterocycles. The van der Waals surface area contributed by atoms with Gasteiger partial charge in [-0.25, -0.2) is 18.1 Å². The van der Waals surface area contributed by atoms with Crippen molar-refractivity contribution in [2.24, 2.45) is 7.05 Å². The van der Waals surface area contributed by atoms with Crippen LogP contribution in [0.5, 0.6) is 5.88 Å². The monoisotopic (exact) mass is 607 g/mol. The Hall–Kier alpha value is -3.50. The number of benzene rings is 1. The lowest BCUT2D eigenvalue weighted by Gasteiger charge is -2.31. The summed E-state index contributed by atoms with van der Waals surface area (Å²) in [5, 5.41) is 9.58. The quantitative estimate of drug-likeness (QED) is 0.317. The van der Waals surface area contributed by atoms with Gasteiger partial charge in [0.15, 0.2) is 11.4 Å². The van der Waals surface area contributed by atoms with E-state index in [1.165, 1.54) is 18.2 Å². The highest BCUT2D eigenvalue weighted by Gasteiger charge is 2.74. The molecule has 0 aliphatic heterocycles. The lowest BCUT2D eigenvalue weighted by molar-refractivity contribution is -0.361. The molecular weight excluding hydrogens is 592 g/mol. The van der Waals surface area contributed by atoms with Gasteiger partial charge in [-0.1, -0.05) is 17.7 Å². The number of alkyl halides is 10. The molecule has 1 amide bonds. The predicted octanol–water partition coefficient (Wildman–Crippen LogP) is 6.05. The van der Waals surface area contributed by atoms with Gasteiger partial charge in [0.2, 0.25) is 0 Å². The molecule has 7 nitrogen and oxygen atoms in total. The maximum absolute atomic E-state index is 14.2. The van der Waals surface area contributed by atoms with E-state index in [1.54, 1.807) is 0 Å². The van der Waals surface area contributed by atoms with E-state index in [4.69, 9.17) is 11.6 Å². The number of halogens is 11. The summed E-state index contributed by atoms with van der Waals surface area (Å²) < 4.78 is 140. The Morgan fingerprint density at radius 1 is 1.10 bits per heavy atom. The second kappa shape index (κ2) is 9.85. The zero-order valence-corrected chi connectivity index (χ0v) is 20.6. The van der Waals surface area contributed by atoms with Gasteiger partial charge in [0.05, 0.1) is 16.8 Å². The fraction of sp³-hybridized carbons (Fsp3) is 0.409. The summed E-state index contributed by atoms with van der Waals surface area (Å²) >= 11 is 6.09. The Labute approximate surface area is 222 Å². The SMILES string of the molecule is Cn1nc(OC(F)(F)C(F)(CF)C(F)(F)F)c(C(F)(F)F)c1-n1cc(-c2ccc(Cl)c(C(=O)NC3CC3)c2)cn1. The molecule has 1 N–H and O–H groups in total. The van der Waals surface area contributed by atoms with E-state index in [0.29, 0.717) is 9.36 Å². The number of nitrogens with zero attached hydrogens (tertiary/aromatic N) is 4. The van der Waals surface area contributed by atoms with Crippen molar-refractivity contribution in [2.75, 3.05) is 6.67 Å². The summed E-state index contributed by atoms with van der Waals surface area (Å²) in [4.78, 5) is 12.4. The molecule has 1 aromatic carbocycles. The smallest absolute Gasteiger partial charge is 0.410 e. The van der Waals surface area contributed by atoms with Crippen LogP contribution in [0.15, 0.2) is 30.6 Å². The number of hydrogen-bond acceptors (Lipinski definition) is 4. The summed E-state index contributed by atoms with van der Waals surface area (Å²) in [6, 6.07) is 4.09. The van der Waals surface area contributed by atoms with Crippen LogP contribution in [0.2, 0.25) is 5.02 Å². The third kappa shape index (κ3) is 5.30. The Bertz CT molecular complexity index is 1430. The summed E-state index contributed by atoms with van der Waals surface area (Å²) in [5.74, 6) is -3.76. The third-order valence-electron chi connectivity index (χ3n) is 5.84. The first kappa shape index (κ1) is 29.5. The minimum Gasteiger partial charge on any atom is -0.410 e. The molecule has 1 aliphatic rings. The fourth-order valence-corrected chi connectivity index (χ4v) is 3.75. The van der Waals surface area contributed by atoms with Gasteiger partial charge in [-0.2, -0.15) is 40.2 Å². The molecule has 1 atom stereocenters. The number of carbonyl (C=O) groups is 1. The van der Waals surface area contributed by atoms with Gasteiger partial charge >= 0.3 is 24.1 Å². The van der Waals surface area contributed by atoms with Gasteiger partial charge in [0, 0.05) is 24.8 Å². The van der Waals surface area contributed by atoms with Crippen molar-refractivity contribution in [2.45, 2.75) is 43.0 Å². The fourth-order valence-electron chi connectivity index (χ4n) is 3.55. The van der Waals surface area contributed by atoms with Crippen molar-refractivity contribution in [3.8, 4) is 22.8 Å². The molecule has 1 fully saturated rings. The molecule has 4 rings (SSSR count). The number of hydrogen-bond donors (Lipinski definition) is 1. The third-order valence-corrected chi connectivity index (χ3v) is 6.17. The first-order chi connectivity index (χ1) is 18.4. The number of aryl methyl sites for hydroxylation is 1.